The van der Waals surface area contributed by atoms with E-state index in [0.29, 0.717) is 12.8 Å². The van der Waals surface area contributed by atoms with Gasteiger partial charge in [0.25, 0.3) is 0 Å². The minimum Gasteiger partial charge on any atom is -0.319 e. The Labute approximate surface area is 162 Å². The molecule has 152 valence electrons. The van der Waals surface area contributed by atoms with Crippen molar-refractivity contribution < 1.29 is 31.9 Å². The van der Waals surface area contributed by atoms with E-state index < -0.39 is 64.6 Å². The van der Waals surface area contributed by atoms with Crippen LogP contribution in [0.1, 0.15) is 25.7 Å². The molecule has 3 rings (SSSR count). The summed E-state index contributed by atoms with van der Waals surface area (Å²) in [5.74, 6) is -9.96. The van der Waals surface area contributed by atoms with Crippen LogP contribution in [0, 0.1) is 35.1 Å². The largest absolute Gasteiger partial charge is 0.319 e. The van der Waals surface area contributed by atoms with E-state index in [4.69, 9.17) is 0 Å². The Morgan fingerprint density at radius 2 is 1.61 bits per heavy atom. The third-order valence-corrected chi connectivity index (χ3v) is 5.82. The van der Waals surface area contributed by atoms with Crippen LogP contribution in [-0.2, 0) is 14.4 Å². The van der Waals surface area contributed by atoms with Gasteiger partial charge >= 0.3 is 0 Å². The van der Waals surface area contributed by atoms with Gasteiger partial charge in [-0.25, -0.2) is 17.6 Å². The molecule has 3 atom stereocenters. The number of hydrogen-bond donors (Lipinski definition) is 1. The van der Waals surface area contributed by atoms with Crippen LogP contribution in [-0.4, -0.2) is 40.7 Å². The maximum Gasteiger partial charge on any atom is 0.248 e. The molecule has 2 fully saturated rings. The number of benzene rings is 1. The van der Waals surface area contributed by atoms with Crippen LogP contribution in [0.15, 0.2) is 6.07 Å². The lowest BCUT2D eigenvalue weighted by atomic mass is 9.81. The van der Waals surface area contributed by atoms with Gasteiger partial charge in [0, 0.05) is 11.8 Å². The van der Waals surface area contributed by atoms with E-state index >= 15 is 0 Å². The first-order valence-corrected chi connectivity index (χ1v) is 10.2. The second-order valence-corrected chi connectivity index (χ2v) is 7.76. The van der Waals surface area contributed by atoms with Gasteiger partial charge in [-0.15, -0.1) is 0 Å². The van der Waals surface area contributed by atoms with Gasteiger partial charge in [-0.1, -0.05) is 12.8 Å². The highest BCUT2D eigenvalue weighted by atomic mass is 32.2. The lowest BCUT2D eigenvalue weighted by Crippen LogP contribution is -2.49. The van der Waals surface area contributed by atoms with Gasteiger partial charge in [-0.2, -0.15) is 11.8 Å². The fourth-order valence-electron chi connectivity index (χ4n) is 3.81. The van der Waals surface area contributed by atoms with Gasteiger partial charge in [-0.05, 0) is 19.1 Å². The van der Waals surface area contributed by atoms with Gasteiger partial charge in [0.2, 0.25) is 17.7 Å². The first-order valence-electron chi connectivity index (χ1n) is 8.77. The summed E-state index contributed by atoms with van der Waals surface area (Å²) in [5.41, 5.74) is -1.29. The molecule has 2 aliphatic rings. The highest BCUT2D eigenvalue weighted by Gasteiger charge is 2.51. The normalized spacial score (nSPS) is 23.0. The van der Waals surface area contributed by atoms with E-state index in [1.807, 2.05) is 5.32 Å². The second-order valence-electron chi connectivity index (χ2n) is 6.85. The Bertz CT molecular complexity index is 785. The number of carbonyl (C=O) groups is 3. The van der Waals surface area contributed by atoms with Crippen molar-refractivity contribution >= 4 is 35.2 Å². The molecule has 1 aliphatic heterocycles. The van der Waals surface area contributed by atoms with Crippen LogP contribution >= 0.6 is 11.8 Å². The number of imide groups is 1. The molecule has 0 aromatic heterocycles. The third-order valence-electron chi connectivity index (χ3n) is 5.17. The summed E-state index contributed by atoms with van der Waals surface area (Å²) in [7, 11) is 0. The molecule has 5 nitrogen and oxygen atoms in total. The lowest BCUT2D eigenvalue weighted by Gasteiger charge is -2.25. The van der Waals surface area contributed by atoms with Crippen LogP contribution in [0.3, 0.4) is 0 Å². The number of nitrogens with zero attached hydrogens (tertiary/aromatic N) is 1. The SMILES string of the molecule is CSC[C@H](C(=O)Nc1c(F)c(F)cc(F)c1F)N1C(=O)[C@H]2CCCC[C@H]2C1=O. The van der Waals surface area contributed by atoms with Crippen molar-refractivity contribution in [2.24, 2.45) is 11.8 Å². The second kappa shape index (κ2) is 8.10. The maximum absolute atomic E-state index is 13.9. The molecule has 0 spiro atoms. The number of likely N-dealkylation sites (tertiary alicyclic amines) is 1. The highest BCUT2D eigenvalue weighted by molar-refractivity contribution is 7.98. The summed E-state index contributed by atoms with van der Waals surface area (Å²) < 4.78 is 54.5. The molecule has 0 bridgehead atoms. The zero-order valence-corrected chi connectivity index (χ0v) is 15.8. The van der Waals surface area contributed by atoms with E-state index in [9.17, 15) is 31.9 Å². The number of amides is 3. The van der Waals surface area contributed by atoms with Crippen molar-refractivity contribution in [3.05, 3.63) is 29.3 Å². The van der Waals surface area contributed by atoms with E-state index in [1.165, 1.54) is 0 Å². The summed E-state index contributed by atoms with van der Waals surface area (Å²) >= 11 is 1.14. The molecule has 1 heterocycles. The summed E-state index contributed by atoms with van der Waals surface area (Å²) in [4.78, 5) is 38.9. The first-order chi connectivity index (χ1) is 13.3. The number of halogens is 4. The van der Waals surface area contributed by atoms with E-state index in [0.717, 1.165) is 29.5 Å². The Hall–Kier alpha value is -2.10. The topological polar surface area (TPSA) is 66.5 Å². The van der Waals surface area contributed by atoms with Crippen molar-refractivity contribution in [3.8, 4) is 0 Å². The number of fused-ring (bicyclic) bond motifs is 1. The minimum absolute atomic E-state index is 0.0240. The molecule has 1 aromatic carbocycles. The molecule has 0 unspecified atom stereocenters. The summed E-state index contributed by atoms with van der Waals surface area (Å²) in [6.07, 6.45) is 4.30. The van der Waals surface area contributed by atoms with Gasteiger partial charge in [0.15, 0.2) is 23.3 Å². The summed E-state index contributed by atoms with van der Waals surface area (Å²) in [6, 6.07) is -1.32. The molecule has 1 N–H and O–H groups in total. The number of carbonyl (C=O) groups excluding carboxylic acids is 3. The van der Waals surface area contributed by atoms with Gasteiger partial charge < -0.3 is 5.32 Å². The monoisotopic (exact) mass is 418 g/mol. The van der Waals surface area contributed by atoms with Gasteiger partial charge in [-0.3, -0.25) is 19.3 Å². The van der Waals surface area contributed by atoms with Crippen LogP contribution in [0.25, 0.3) is 0 Å². The van der Waals surface area contributed by atoms with Crippen LogP contribution < -0.4 is 5.32 Å². The fraction of sp³-hybridized carbons (Fsp3) is 0.500. The van der Waals surface area contributed by atoms with Crippen LogP contribution in [0.2, 0.25) is 0 Å². The molecule has 3 amide bonds. The van der Waals surface area contributed by atoms with Crippen LogP contribution in [0.5, 0.6) is 0 Å². The zero-order chi connectivity index (χ0) is 20.6. The molecule has 28 heavy (non-hydrogen) atoms. The van der Waals surface area contributed by atoms with E-state index in [2.05, 4.69) is 0 Å². The Balaban J connectivity index is 1.90. The van der Waals surface area contributed by atoms with Crippen molar-refractivity contribution in [2.45, 2.75) is 31.7 Å². The number of nitrogens with one attached hydrogen (secondary N) is 1. The molecule has 1 saturated heterocycles. The van der Waals surface area contributed by atoms with Gasteiger partial charge in [0.05, 0.1) is 11.8 Å². The molecule has 1 aromatic rings. The average molecular weight is 418 g/mol. The van der Waals surface area contributed by atoms with E-state index in [1.54, 1.807) is 6.26 Å². The smallest absolute Gasteiger partial charge is 0.248 e. The third kappa shape index (κ3) is 3.49. The molecule has 1 aliphatic carbocycles. The van der Waals surface area contributed by atoms with Crippen molar-refractivity contribution in [1.82, 2.24) is 4.90 Å². The lowest BCUT2D eigenvalue weighted by molar-refractivity contribution is -0.145. The standard InChI is InChI=1S/C18H18F4N2O3S/c1-28-7-12(24-17(26)8-4-2-3-5-9(8)18(24)27)16(25)23-15-13(21)10(19)6-11(20)14(15)22/h6,8-9,12H,2-5,7H2,1H3,(H,23,25)/t8-,9+,12-/m1/s1. The quantitative estimate of drug-likeness (QED) is 0.453. The Kier molecular flexibility index (Phi) is 5.97. The van der Waals surface area contributed by atoms with Crippen molar-refractivity contribution in [1.29, 1.82) is 0 Å². The molecular weight excluding hydrogens is 400 g/mol. The van der Waals surface area contributed by atoms with Gasteiger partial charge in [0.1, 0.15) is 11.7 Å². The predicted molar refractivity (Wildman–Crippen MR) is 94.4 cm³/mol. The fourth-order valence-corrected chi connectivity index (χ4v) is 4.43. The summed E-state index contributed by atoms with van der Waals surface area (Å²) in [6.45, 7) is 0. The number of rotatable bonds is 5. The Morgan fingerprint density at radius 1 is 1.11 bits per heavy atom. The van der Waals surface area contributed by atoms with E-state index in [-0.39, 0.29) is 11.8 Å². The zero-order valence-electron chi connectivity index (χ0n) is 14.9. The first kappa shape index (κ1) is 20.6. The van der Waals surface area contributed by atoms with Crippen LogP contribution in [0.4, 0.5) is 23.2 Å². The van der Waals surface area contributed by atoms with Crippen molar-refractivity contribution in [2.75, 3.05) is 17.3 Å². The molecule has 1 saturated carbocycles. The molecule has 0 radical (unpaired) electrons. The molecular formula is C18H18F4N2O3S. The number of anilines is 1. The number of thioether (sulfide) groups is 1. The highest BCUT2D eigenvalue weighted by Crippen LogP contribution is 2.39. The maximum atomic E-state index is 13.9. The minimum atomic E-state index is -1.76. The number of hydrogen-bond acceptors (Lipinski definition) is 4. The predicted octanol–water partition coefficient (Wildman–Crippen LogP) is 3.09. The Morgan fingerprint density at radius 3 is 2.07 bits per heavy atom. The van der Waals surface area contributed by atoms with Crippen molar-refractivity contribution in [3.63, 3.8) is 0 Å². The molecule has 10 heteroatoms. The average Bonchev–Trinajstić information content (AvgIpc) is 2.92. The summed E-state index contributed by atoms with van der Waals surface area (Å²) in [5, 5.41) is 1.82.